The fourth-order valence-electron chi connectivity index (χ4n) is 2.31. The molecule has 10 nitrogen and oxygen atoms in total. The average molecular weight is 385 g/mol. The van der Waals surface area contributed by atoms with E-state index < -0.39 is 52.3 Å². The molecule has 5 atom stereocenters. The molecule has 0 amide bonds. The summed E-state index contributed by atoms with van der Waals surface area (Å²) in [5, 5.41) is 10.4. The smallest absolute Gasteiger partial charge is 0.333 e. The minimum Gasteiger partial charge on any atom is -0.462 e. The Morgan fingerprint density at radius 2 is 1.92 bits per heavy atom. The quantitative estimate of drug-likeness (QED) is 0.390. The van der Waals surface area contributed by atoms with Crippen LogP contribution in [0.4, 0.5) is 0 Å². The number of hydrogen-bond donors (Lipinski definition) is 3. The van der Waals surface area contributed by atoms with E-state index in [9.17, 15) is 18.3 Å². The van der Waals surface area contributed by atoms with Gasteiger partial charge >= 0.3 is 16.3 Å². The standard InChI is InChI=1S/C14H27NO9S/c1-6-22-11-9(15-25(18,19)20)10(16)8(24-12(11)21-5)7-23-13(17)14(2,3)4/h8-12,15-16H,6-7H2,1-5H3,(H,18,19,20)/t8-,9+,10-,11+,12+/m1/s1. The number of esters is 1. The number of nitrogens with one attached hydrogen (secondary N) is 1. The van der Waals surface area contributed by atoms with E-state index in [-0.39, 0.29) is 13.2 Å². The fourth-order valence-corrected chi connectivity index (χ4v) is 2.93. The first kappa shape index (κ1) is 22.2. The van der Waals surface area contributed by atoms with Crippen LogP contribution in [0.1, 0.15) is 27.7 Å². The van der Waals surface area contributed by atoms with Crippen molar-refractivity contribution in [2.24, 2.45) is 5.41 Å². The number of carbonyl (C=O) groups excluding carboxylic acids is 1. The highest BCUT2D eigenvalue weighted by Crippen LogP contribution is 2.26. The Balaban J connectivity index is 2.96. The van der Waals surface area contributed by atoms with Crippen molar-refractivity contribution in [1.82, 2.24) is 4.72 Å². The summed E-state index contributed by atoms with van der Waals surface area (Å²) in [6.07, 6.45) is -4.58. The van der Waals surface area contributed by atoms with Gasteiger partial charge in [-0.1, -0.05) is 0 Å². The highest BCUT2D eigenvalue weighted by molar-refractivity contribution is 7.83. The van der Waals surface area contributed by atoms with Crippen LogP contribution in [0.5, 0.6) is 0 Å². The summed E-state index contributed by atoms with van der Waals surface area (Å²) in [7, 11) is -3.31. The molecule has 1 heterocycles. The van der Waals surface area contributed by atoms with Crippen LogP contribution in [0, 0.1) is 5.41 Å². The highest BCUT2D eigenvalue weighted by Gasteiger charge is 2.48. The van der Waals surface area contributed by atoms with E-state index >= 15 is 0 Å². The highest BCUT2D eigenvalue weighted by atomic mass is 32.2. The van der Waals surface area contributed by atoms with Gasteiger partial charge in [-0.15, -0.1) is 0 Å². The van der Waals surface area contributed by atoms with Gasteiger partial charge in [0.1, 0.15) is 24.9 Å². The summed E-state index contributed by atoms with van der Waals surface area (Å²) in [6.45, 7) is 6.53. The lowest BCUT2D eigenvalue weighted by Gasteiger charge is -2.43. The van der Waals surface area contributed by atoms with Crippen LogP contribution >= 0.6 is 0 Å². The first-order valence-corrected chi connectivity index (χ1v) is 9.24. The van der Waals surface area contributed by atoms with E-state index in [2.05, 4.69) is 0 Å². The van der Waals surface area contributed by atoms with Crippen molar-refractivity contribution in [3.8, 4) is 0 Å². The van der Waals surface area contributed by atoms with Crippen LogP contribution < -0.4 is 4.72 Å². The Morgan fingerprint density at radius 3 is 2.36 bits per heavy atom. The van der Waals surface area contributed by atoms with Gasteiger partial charge < -0.3 is 24.1 Å². The molecular weight excluding hydrogens is 358 g/mol. The molecule has 1 rings (SSSR count). The van der Waals surface area contributed by atoms with Gasteiger partial charge in [0.2, 0.25) is 0 Å². The van der Waals surface area contributed by atoms with E-state index in [1.54, 1.807) is 27.7 Å². The van der Waals surface area contributed by atoms with Crippen LogP contribution in [0.25, 0.3) is 0 Å². The number of carbonyl (C=O) groups is 1. The van der Waals surface area contributed by atoms with E-state index in [0.29, 0.717) is 0 Å². The lowest BCUT2D eigenvalue weighted by Crippen LogP contribution is -2.65. The van der Waals surface area contributed by atoms with Crippen LogP contribution in [0.2, 0.25) is 0 Å². The van der Waals surface area contributed by atoms with Crippen LogP contribution in [-0.2, 0) is 34.0 Å². The number of aliphatic hydroxyl groups is 1. The van der Waals surface area contributed by atoms with Gasteiger partial charge in [0.05, 0.1) is 11.5 Å². The van der Waals surface area contributed by atoms with Crippen LogP contribution in [0.15, 0.2) is 0 Å². The molecule has 3 N–H and O–H groups in total. The molecule has 0 aromatic heterocycles. The third-order valence-corrected chi connectivity index (χ3v) is 4.12. The molecule has 0 spiro atoms. The molecule has 1 saturated heterocycles. The number of hydrogen-bond acceptors (Lipinski definition) is 8. The molecule has 1 fully saturated rings. The topological polar surface area (TPSA) is 141 Å². The van der Waals surface area contributed by atoms with Crippen molar-refractivity contribution in [3.63, 3.8) is 0 Å². The summed E-state index contributed by atoms with van der Waals surface area (Å²) in [5.41, 5.74) is -0.750. The third kappa shape index (κ3) is 6.44. The summed E-state index contributed by atoms with van der Waals surface area (Å²) in [6, 6.07) is -1.26. The molecule has 0 radical (unpaired) electrons. The molecule has 0 unspecified atom stereocenters. The second-order valence-electron chi connectivity index (χ2n) is 6.66. The first-order valence-electron chi connectivity index (χ1n) is 7.80. The van der Waals surface area contributed by atoms with Crippen molar-refractivity contribution in [3.05, 3.63) is 0 Å². The van der Waals surface area contributed by atoms with Crippen LogP contribution in [0.3, 0.4) is 0 Å². The molecule has 0 bridgehead atoms. The van der Waals surface area contributed by atoms with Gasteiger partial charge in [0.15, 0.2) is 6.29 Å². The second-order valence-corrected chi connectivity index (χ2v) is 7.84. The third-order valence-electron chi connectivity index (χ3n) is 3.55. The van der Waals surface area contributed by atoms with Gasteiger partial charge in [-0.05, 0) is 27.7 Å². The predicted octanol–water partition coefficient (Wildman–Crippen LogP) is -0.526. The monoisotopic (exact) mass is 385 g/mol. The Kier molecular flexibility index (Phi) is 7.74. The zero-order chi connectivity index (χ0) is 19.4. The van der Waals surface area contributed by atoms with Crippen molar-refractivity contribution in [2.75, 3.05) is 20.3 Å². The molecule has 11 heteroatoms. The minimum atomic E-state index is -4.63. The van der Waals surface area contributed by atoms with Gasteiger partial charge in [0, 0.05) is 13.7 Å². The second kappa shape index (κ2) is 8.71. The number of ether oxygens (including phenoxy) is 4. The Labute approximate surface area is 147 Å². The Hall–Kier alpha value is -0.820. The summed E-state index contributed by atoms with van der Waals surface area (Å²) >= 11 is 0. The minimum absolute atomic E-state index is 0.188. The molecule has 0 saturated carbocycles. The van der Waals surface area contributed by atoms with E-state index in [0.717, 1.165) is 0 Å². The summed E-state index contributed by atoms with van der Waals surface area (Å²) < 4.78 is 54.6. The fraction of sp³-hybridized carbons (Fsp3) is 0.929. The molecule has 0 aliphatic carbocycles. The summed E-state index contributed by atoms with van der Waals surface area (Å²) in [4.78, 5) is 11.9. The van der Waals surface area contributed by atoms with E-state index in [4.69, 9.17) is 23.5 Å². The van der Waals surface area contributed by atoms with Crippen molar-refractivity contribution in [1.29, 1.82) is 0 Å². The molecule has 25 heavy (non-hydrogen) atoms. The van der Waals surface area contributed by atoms with Gasteiger partial charge in [0.25, 0.3) is 0 Å². The predicted molar refractivity (Wildman–Crippen MR) is 86.0 cm³/mol. The molecule has 1 aliphatic heterocycles. The normalized spacial score (nSPS) is 30.9. The molecule has 148 valence electrons. The van der Waals surface area contributed by atoms with Crippen LogP contribution in [-0.4, -0.2) is 75.0 Å². The molecule has 0 aromatic carbocycles. The molecular formula is C14H27NO9S. The Morgan fingerprint density at radius 1 is 1.32 bits per heavy atom. The zero-order valence-electron chi connectivity index (χ0n) is 15.0. The van der Waals surface area contributed by atoms with E-state index in [1.165, 1.54) is 7.11 Å². The van der Waals surface area contributed by atoms with E-state index in [1.807, 2.05) is 4.72 Å². The maximum absolute atomic E-state index is 11.9. The van der Waals surface area contributed by atoms with Crippen molar-refractivity contribution in [2.45, 2.75) is 58.3 Å². The number of rotatable bonds is 7. The lowest BCUT2D eigenvalue weighted by atomic mass is 9.96. The van der Waals surface area contributed by atoms with Gasteiger partial charge in [-0.25, -0.2) is 0 Å². The average Bonchev–Trinajstić information content (AvgIpc) is 2.47. The lowest BCUT2D eigenvalue weighted by molar-refractivity contribution is -0.279. The number of methoxy groups -OCH3 is 1. The van der Waals surface area contributed by atoms with Gasteiger partial charge in [-0.2, -0.15) is 13.1 Å². The number of aliphatic hydroxyl groups excluding tert-OH is 1. The zero-order valence-corrected chi connectivity index (χ0v) is 15.8. The molecule has 0 aromatic rings. The van der Waals surface area contributed by atoms with Crippen molar-refractivity contribution >= 4 is 16.3 Å². The van der Waals surface area contributed by atoms with Gasteiger partial charge in [-0.3, -0.25) is 9.35 Å². The maximum Gasteiger partial charge on any atom is 0.333 e. The first-order chi connectivity index (χ1) is 11.4. The van der Waals surface area contributed by atoms with Crippen molar-refractivity contribution < 1.29 is 41.8 Å². The SMILES string of the molecule is CCO[C@@H]1[C@@H](OC)O[C@H](COC(=O)C(C)(C)C)[C@@H](O)[C@@H]1NS(=O)(=O)O. The summed E-state index contributed by atoms with van der Waals surface area (Å²) in [5.74, 6) is -0.511. The molecule has 1 aliphatic rings. The maximum atomic E-state index is 11.9. The largest absolute Gasteiger partial charge is 0.462 e. The Bertz CT molecular complexity index is 545.